The van der Waals surface area contributed by atoms with E-state index in [2.05, 4.69) is 0 Å². The average molecular weight is 219 g/mol. The number of carbonyl (C=O) groups is 2. The van der Waals surface area contributed by atoms with E-state index in [0.29, 0.717) is 18.7 Å². The van der Waals surface area contributed by atoms with Crippen LogP contribution >= 0.6 is 0 Å². The van der Waals surface area contributed by atoms with E-state index in [1.807, 2.05) is 12.1 Å². The van der Waals surface area contributed by atoms with Crippen molar-refractivity contribution in [3.05, 3.63) is 35.4 Å². The first kappa shape index (κ1) is 10.7. The van der Waals surface area contributed by atoms with Crippen molar-refractivity contribution >= 4 is 11.9 Å². The molecule has 1 fully saturated rings. The largest absolute Gasteiger partial charge is 0.478 e. The molecule has 0 aromatic heterocycles. The lowest BCUT2D eigenvalue weighted by atomic mass is 9.88. The second-order valence-corrected chi connectivity index (χ2v) is 4.01. The summed E-state index contributed by atoms with van der Waals surface area (Å²) in [7, 11) is 0. The van der Waals surface area contributed by atoms with Crippen molar-refractivity contribution < 1.29 is 14.7 Å². The molecule has 1 aromatic rings. The Morgan fingerprint density at radius 2 is 1.94 bits per heavy atom. The molecule has 2 rings (SSSR count). The van der Waals surface area contributed by atoms with Crippen LogP contribution in [0.15, 0.2) is 24.3 Å². The molecular weight excluding hydrogens is 206 g/mol. The fraction of sp³-hybridized carbons (Fsp3) is 0.333. The van der Waals surface area contributed by atoms with Gasteiger partial charge >= 0.3 is 5.97 Å². The van der Waals surface area contributed by atoms with Crippen LogP contribution in [0, 0.1) is 0 Å². The number of hydrogen-bond donors (Lipinski definition) is 1. The molecule has 16 heavy (non-hydrogen) atoms. The predicted molar refractivity (Wildman–Crippen MR) is 58.4 cm³/mol. The number of benzene rings is 1. The Morgan fingerprint density at radius 1 is 1.31 bits per heavy atom. The predicted octanol–water partition coefficient (Wildman–Crippen LogP) is 1.33. The van der Waals surface area contributed by atoms with Crippen LogP contribution in [0.1, 0.15) is 28.8 Å². The Kier molecular flexibility index (Phi) is 2.64. The Bertz CT molecular complexity index is 436. The summed E-state index contributed by atoms with van der Waals surface area (Å²) >= 11 is 0. The third-order valence-corrected chi connectivity index (χ3v) is 2.96. The van der Waals surface area contributed by atoms with Crippen LogP contribution in [0.4, 0.5) is 0 Å². The quantitative estimate of drug-likeness (QED) is 0.816. The molecule has 0 aliphatic carbocycles. The summed E-state index contributed by atoms with van der Waals surface area (Å²) in [5.74, 6) is -0.697. The zero-order valence-electron chi connectivity index (χ0n) is 9.01. The first-order valence-electron chi connectivity index (χ1n) is 5.17. The van der Waals surface area contributed by atoms with Crippen LogP contribution in [-0.2, 0) is 4.79 Å². The van der Waals surface area contributed by atoms with Crippen molar-refractivity contribution in [1.29, 1.82) is 0 Å². The van der Waals surface area contributed by atoms with Gasteiger partial charge in [-0.1, -0.05) is 18.2 Å². The average Bonchev–Trinajstić information content (AvgIpc) is 2.15. The van der Waals surface area contributed by atoms with Gasteiger partial charge in [-0.2, -0.15) is 0 Å². The molecule has 1 heterocycles. The number of amides is 1. The zero-order chi connectivity index (χ0) is 11.7. The number of aromatic carboxylic acids is 1. The van der Waals surface area contributed by atoms with E-state index in [-0.39, 0.29) is 11.8 Å². The van der Waals surface area contributed by atoms with Crippen molar-refractivity contribution in [2.45, 2.75) is 12.8 Å². The highest BCUT2D eigenvalue weighted by Crippen LogP contribution is 2.29. The van der Waals surface area contributed by atoms with Gasteiger partial charge in [0.15, 0.2) is 0 Å². The fourth-order valence-corrected chi connectivity index (χ4v) is 1.98. The van der Waals surface area contributed by atoms with Crippen LogP contribution in [0.2, 0.25) is 0 Å². The van der Waals surface area contributed by atoms with Gasteiger partial charge in [0.05, 0.1) is 5.56 Å². The van der Waals surface area contributed by atoms with Crippen molar-refractivity contribution in [3.8, 4) is 0 Å². The lowest BCUT2D eigenvalue weighted by Gasteiger charge is -2.39. The van der Waals surface area contributed by atoms with Crippen LogP contribution in [0.25, 0.3) is 0 Å². The van der Waals surface area contributed by atoms with Gasteiger partial charge in [-0.15, -0.1) is 0 Å². The van der Waals surface area contributed by atoms with E-state index in [4.69, 9.17) is 5.11 Å². The highest BCUT2D eigenvalue weighted by Gasteiger charge is 2.31. The molecule has 0 atom stereocenters. The summed E-state index contributed by atoms with van der Waals surface area (Å²) in [6.07, 6.45) is 0. The van der Waals surface area contributed by atoms with Gasteiger partial charge in [0.1, 0.15) is 0 Å². The number of hydrogen-bond acceptors (Lipinski definition) is 2. The van der Waals surface area contributed by atoms with Crippen molar-refractivity contribution in [2.75, 3.05) is 13.1 Å². The highest BCUT2D eigenvalue weighted by molar-refractivity contribution is 5.89. The second kappa shape index (κ2) is 3.96. The van der Waals surface area contributed by atoms with Crippen LogP contribution in [-0.4, -0.2) is 35.0 Å². The number of nitrogens with zero attached hydrogens (tertiary/aromatic N) is 1. The van der Waals surface area contributed by atoms with Crippen LogP contribution in [0.3, 0.4) is 0 Å². The molecule has 1 aromatic carbocycles. The Labute approximate surface area is 93.5 Å². The maximum atomic E-state index is 11.0. The fourth-order valence-electron chi connectivity index (χ4n) is 1.98. The molecular formula is C12H13NO3. The third kappa shape index (κ3) is 1.78. The topological polar surface area (TPSA) is 57.6 Å². The maximum Gasteiger partial charge on any atom is 0.335 e. The Balaban J connectivity index is 2.17. The van der Waals surface area contributed by atoms with Gasteiger partial charge in [0.25, 0.3) is 0 Å². The van der Waals surface area contributed by atoms with Gasteiger partial charge in [0.2, 0.25) is 5.91 Å². The van der Waals surface area contributed by atoms with Gasteiger partial charge in [0, 0.05) is 25.9 Å². The van der Waals surface area contributed by atoms with Gasteiger partial charge in [-0.05, 0) is 11.6 Å². The number of carbonyl (C=O) groups excluding carboxylic acids is 1. The van der Waals surface area contributed by atoms with Crippen LogP contribution < -0.4 is 0 Å². The van der Waals surface area contributed by atoms with E-state index < -0.39 is 5.97 Å². The number of carboxylic acid groups (broad SMARTS) is 1. The summed E-state index contributed by atoms with van der Waals surface area (Å²) in [5.41, 5.74) is 1.17. The maximum absolute atomic E-state index is 11.0. The molecule has 0 unspecified atom stereocenters. The second-order valence-electron chi connectivity index (χ2n) is 4.01. The zero-order valence-corrected chi connectivity index (χ0v) is 9.01. The molecule has 4 nitrogen and oxygen atoms in total. The van der Waals surface area contributed by atoms with Gasteiger partial charge in [-0.25, -0.2) is 4.79 Å². The van der Waals surface area contributed by atoms with Crippen molar-refractivity contribution in [2.24, 2.45) is 0 Å². The summed E-state index contributed by atoms with van der Waals surface area (Å²) in [6, 6.07) is 6.98. The third-order valence-electron chi connectivity index (χ3n) is 2.96. The molecule has 0 bridgehead atoms. The van der Waals surface area contributed by atoms with Crippen molar-refractivity contribution in [1.82, 2.24) is 4.90 Å². The smallest absolute Gasteiger partial charge is 0.335 e. The number of carboxylic acids is 1. The lowest BCUT2D eigenvalue weighted by molar-refractivity contribution is -0.133. The van der Waals surface area contributed by atoms with Crippen LogP contribution in [0.5, 0.6) is 0 Å². The minimum Gasteiger partial charge on any atom is -0.478 e. The molecule has 1 N–H and O–H groups in total. The summed E-state index contributed by atoms with van der Waals surface area (Å²) < 4.78 is 0. The van der Waals surface area contributed by atoms with Gasteiger partial charge in [-0.3, -0.25) is 4.79 Å². The summed E-state index contributed by atoms with van der Waals surface area (Å²) in [5, 5.41) is 9.03. The van der Waals surface area contributed by atoms with Gasteiger partial charge < -0.3 is 10.0 Å². The highest BCUT2D eigenvalue weighted by atomic mass is 16.4. The molecule has 84 valence electrons. The monoisotopic (exact) mass is 219 g/mol. The minimum absolute atomic E-state index is 0.0454. The SMILES string of the molecule is CC(=O)N1CC(c2ccccc2C(=O)O)C1. The number of rotatable bonds is 2. The molecule has 0 radical (unpaired) electrons. The molecule has 0 spiro atoms. The Morgan fingerprint density at radius 3 is 2.50 bits per heavy atom. The molecule has 1 saturated heterocycles. The van der Waals surface area contributed by atoms with Crippen molar-refractivity contribution in [3.63, 3.8) is 0 Å². The lowest BCUT2D eigenvalue weighted by Crippen LogP contribution is -2.47. The van der Waals surface area contributed by atoms with E-state index in [9.17, 15) is 9.59 Å². The molecule has 4 heteroatoms. The summed E-state index contributed by atoms with van der Waals surface area (Å²) in [6.45, 7) is 2.78. The molecule has 0 saturated carbocycles. The molecule has 1 aliphatic heterocycles. The summed E-state index contributed by atoms with van der Waals surface area (Å²) in [4.78, 5) is 23.7. The number of likely N-dealkylation sites (tertiary alicyclic amines) is 1. The van der Waals surface area contributed by atoms with E-state index >= 15 is 0 Å². The Hall–Kier alpha value is -1.84. The standard InChI is InChI=1S/C12H13NO3/c1-8(14)13-6-9(7-13)10-4-2-3-5-11(10)12(15)16/h2-5,9H,6-7H2,1H3,(H,15,16). The normalized spacial score (nSPS) is 15.7. The van der Waals surface area contributed by atoms with E-state index in [1.165, 1.54) is 6.92 Å². The first-order valence-corrected chi connectivity index (χ1v) is 5.17. The molecule has 1 amide bonds. The van der Waals surface area contributed by atoms with E-state index in [0.717, 1.165) is 5.56 Å². The molecule has 1 aliphatic rings. The van der Waals surface area contributed by atoms with E-state index in [1.54, 1.807) is 17.0 Å². The first-order chi connectivity index (χ1) is 7.59. The minimum atomic E-state index is -0.906.